The minimum atomic E-state index is -0.476. The topological polar surface area (TPSA) is 78.9 Å². The summed E-state index contributed by atoms with van der Waals surface area (Å²) in [6.45, 7) is 9.74. The number of aliphatic hydroxyl groups is 1. The molecule has 0 unspecified atom stereocenters. The van der Waals surface area contributed by atoms with E-state index < -0.39 is 5.60 Å². The number of Topliss-reactive ketones (excluding diaryl/α,β-unsaturated/α-hetero) is 1. The summed E-state index contributed by atoms with van der Waals surface area (Å²) < 4.78 is 5.69. The quantitative estimate of drug-likeness (QED) is 0.477. The van der Waals surface area contributed by atoms with Gasteiger partial charge in [-0.25, -0.2) is 0 Å². The molecular formula is C18H31NO4. The summed E-state index contributed by atoms with van der Waals surface area (Å²) in [5.41, 5.74) is -0.476. The first-order valence-corrected chi connectivity index (χ1v) is 8.57. The van der Waals surface area contributed by atoms with Gasteiger partial charge in [-0.05, 0) is 24.8 Å². The monoisotopic (exact) mass is 325 g/mol. The maximum atomic E-state index is 12.0. The summed E-state index contributed by atoms with van der Waals surface area (Å²) in [6, 6.07) is -0.234. The second kappa shape index (κ2) is 8.60. The molecule has 0 aliphatic carbocycles. The molecule has 0 aromatic rings. The molecule has 23 heavy (non-hydrogen) atoms. The molecule has 0 aromatic carbocycles. The van der Waals surface area contributed by atoms with Gasteiger partial charge in [0.05, 0.1) is 18.8 Å². The number of hydrogen-bond donors (Lipinski definition) is 2. The van der Waals surface area contributed by atoms with Gasteiger partial charge < -0.3 is 15.2 Å². The third-order valence-electron chi connectivity index (χ3n) is 4.77. The molecule has 0 spiro atoms. The molecule has 1 amide bonds. The fourth-order valence-electron chi connectivity index (χ4n) is 2.79. The summed E-state index contributed by atoms with van der Waals surface area (Å²) >= 11 is 0. The molecular weight excluding hydrogens is 294 g/mol. The Morgan fingerprint density at radius 1 is 1.35 bits per heavy atom. The number of hydrogen-bond acceptors (Lipinski definition) is 4. The largest absolute Gasteiger partial charge is 0.394 e. The first-order valence-electron chi connectivity index (χ1n) is 8.57. The fraction of sp³-hybridized carbons (Fsp3) is 0.778. The maximum absolute atomic E-state index is 12.0. The van der Waals surface area contributed by atoms with Gasteiger partial charge >= 0.3 is 0 Å². The van der Waals surface area contributed by atoms with Crippen molar-refractivity contribution in [3.8, 4) is 0 Å². The van der Waals surface area contributed by atoms with Crippen LogP contribution >= 0.6 is 0 Å². The van der Waals surface area contributed by atoms with Crippen molar-refractivity contribution < 1.29 is 19.4 Å². The molecule has 0 saturated carbocycles. The van der Waals surface area contributed by atoms with Crippen LogP contribution in [0.5, 0.6) is 0 Å². The van der Waals surface area contributed by atoms with Gasteiger partial charge in [-0.15, -0.1) is 0 Å². The van der Waals surface area contributed by atoms with Crippen LogP contribution in [0.3, 0.4) is 0 Å². The van der Waals surface area contributed by atoms with Crippen LogP contribution in [0.25, 0.3) is 0 Å². The zero-order chi connectivity index (χ0) is 17.6. The average molecular weight is 325 g/mol. The van der Waals surface area contributed by atoms with E-state index in [1.165, 1.54) is 6.08 Å². The van der Waals surface area contributed by atoms with Crippen molar-refractivity contribution in [1.29, 1.82) is 0 Å². The number of carbonyl (C=O) groups excluding carboxylic acids is 2. The van der Waals surface area contributed by atoms with E-state index in [9.17, 15) is 14.7 Å². The zero-order valence-electron chi connectivity index (χ0n) is 15.0. The SMILES string of the molecule is CCC(=O)C[C@H](C)[C@@H]1O[C@]1(C)/C=C/C(=O)N[C@H](CO)[C@@H](C)CC. The van der Waals surface area contributed by atoms with Crippen molar-refractivity contribution in [3.63, 3.8) is 0 Å². The Hall–Kier alpha value is -1.20. The second-order valence-corrected chi connectivity index (χ2v) is 6.81. The predicted molar refractivity (Wildman–Crippen MR) is 90.0 cm³/mol. The van der Waals surface area contributed by atoms with Crippen molar-refractivity contribution in [1.82, 2.24) is 5.32 Å². The van der Waals surface area contributed by atoms with Crippen LogP contribution in [0.2, 0.25) is 0 Å². The minimum absolute atomic E-state index is 0.0229. The van der Waals surface area contributed by atoms with E-state index in [1.807, 2.05) is 34.6 Å². The van der Waals surface area contributed by atoms with Gasteiger partial charge in [0.25, 0.3) is 0 Å². The average Bonchev–Trinajstić information content (AvgIpc) is 3.22. The van der Waals surface area contributed by atoms with Gasteiger partial charge in [-0.1, -0.05) is 34.1 Å². The lowest BCUT2D eigenvalue weighted by molar-refractivity contribution is -0.120. The zero-order valence-corrected chi connectivity index (χ0v) is 15.0. The highest BCUT2D eigenvalue weighted by Crippen LogP contribution is 2.43. The number of epoxide rings is 1. The Morgan fingerprint density at radius 3 is 2.52 bits per heavy atom. The molecule has 1 fully saturated rings. The van der Waals surface area contributed by atoms with E-state index in [4.69, 9.17) is 4.74 Å². The maximum Gasteiger partial charge on any atom is 0.244 e. The molecule has 2 N–H and O–H groups in total. The number of amides is 1. The number of ether oxygens (including phenoxy) is 1. The van der Waals surface area contributed by atoms with E-state index in [2.05, 4.69) is 5.32 Å². The van der Waals surface area contributed by atoms with Gasteiger partial charge in [0.15, 0.2) is 0 Å². The van der Waals surface area contributed by atoms with E-state index in [-0.39, 0.29) is 42.3 Å². The molecule has 132 valence electrons. The van der Waals surface area contributed by atoms with Crippen molar-refractivity contribution in [2.24, 2.45) is 11.8 Å². The highest BCUT2D eigenvalue weighted by Gasteiger charge is 2.53. The highest BCUT2D eigenvalue weighted by molar-refractivity contribution is 5.88. The Morgan fingerprint density at radius 2 is 2.00 bits per heavy atom. The predicted octanol–water partition coefficient (Wildman–Crippen LogP) is 2.23. The van der Waals surface area contributed by atoms with Gasteiger partial charge in [-0.3, -0.25) is 9.59 Å². The summed E-state index contributed by atoms with van der Waals surface area (Å²) in [6.07, 6.45) is 5.15. The smallest absolute Gasteiger partial charge is 0.244 e. The summed E-state index contributed by atoms with van der Waals surface area (Å²) in [5, 5.41) is 12.2. The van der Waals surface area contributed by atoms with Crippen LogP contribution in [0.4, 0.5) is 0 Å². The number of ketones is 1. The molecule has 1 aliphatic heterocycles. The number of nitrogens with one attached hydrogen (secondary N) is 1. The van der Waals surface area contributed by atoms with Gasteiger partial charge in [0.2, 0.25) is 5.91 Å². The normalized spacial score (nSPS) is 27.5. The van der Waals surface area contributed by atoms with E-state index in [0.29, 0.717) is 12.8 Å². The molecule has 1 aliphatic rings. The third-order valence-corrected chi connectivity index (χ3v) is 4.77. The summed E-state index contributed by atoms with van der Waals surface area (Å²) in [5.74, 6) is 0.372. The van der Waals surface area contributed by atoms with Gasteiger partial charge in [-0.2, -0.15) is 0 Å². The first-order chi connectivity index (χ1) is 10.8. The first kappa shape index (κ1) is 19.8. The van der Waals surface area contributed by atoms with Crippen LogP contribution in [-0.4, -0.2) is 41.2 Å². The van der Waals surface area contributed by atoms with Gasteiger partial charge in [0, 0.05) is 18.9 Å². The summed E-state index contributed by atoms with van der Waals surface area (Å²) in [4.78, 5) is 23.5. The number of rotatable bonds is 10. The Kier molecular flexibility index (Phi) is 7.42. The molecule has 1 rings (SSSR count). The lowest BCUT2D eigenvalue weighted by Gasteiger charge is -2.21. The minimum Gasteiger partial charge on any atom is -0.394 e. The van der Waals surface area contributed by atoms with Crippen LogP contribution in [0.15, 0.2) is 12.2 Å². The summed E-state index contributed by atoms with van der Waals surface area (Å²) in [7, 11) is 0. The lowest BCUT2D eigenvalue weighted by atomic mass is 9.92. The van der Waals surface area contributed by atoms with E-state index in [1.54, 1.807) is 6.08 Å². The molecule has 0 bridgehead atoms. The molecule has 1 heterocycles. The third kappa shape index (κ3) is 5.74. The standard InChI is InChI=1S/C18H31NO4/c1-6-12(3)15(11-20)19-16(22)8-9-18(5)17(23-18)13(4)10-14(21)7-2/h8-9,12-13,15,17,20H,6-7,10-11H2,1-5H3,(H,19,22)/b9-8+/t12-,13-,15+,17-,18+/m0/s1. The Balaban J connectivity index is 2.51. The van der Waals surface area contributed by atoms with Crippen LogP contribution in [0, 0.1) is 11.8 Å². The highest BCUT2D eigenvalue weighted by atomic mass is 16.6. The van der Waals surface area contributed by atoms with Crippen molar-refractivity contribution in [3.05, 3.63) is 12.2 Å². The van der Waals surface area contributed by atoms with Crippen LogP contribution in [0.1, 0.15) is 53.9 Å². The second-order valence-electron chi connectivity index (χ2n) is 6.81. The Bertz CT molecular complexity index is 448. The molecule has 1 saturated heterocycles. The molecule has 5 atom stereocenters. The molecule has 5 nitrogen and oxygen atoms in total. The molecule has 0 aromatic heterocycles. The van der Waals surface area contributed by atoms with Crippen molar-refractivity contribution >= 4 is 11.7 Å². The van der Waals surface area contributed by atoms with E-state index >= 15 is 0 Å². The van der Waals surface area contributed by atoms with Crippen LogP contribution in [-0.2, 0) is 14.3 Å². The lowest BCUT2D eigenvalue weighted by Crippen LogP contribution is -2.41. The van der Waals surface area contributed by atoms with Crippen molar-refractivity contribution in [2.45, 2.75) is 71.6 Å². The van der Waals surface area contributed by atoms with Crippen molar-refractivity contribution in [2.75, 3.05) is 6.61 Å². The number of aliphatic hydroxyl groups excluding tert-OH is 1. The molecule has 0 radical (unpaired) electrons. The Labute approximate surface area is 139 Å². The molecule has 5 heteroatoms. The van der Waals surface area contributed by atoms with Gasteiger partial charge in [0.1, 0.15) is 11.4 Å². The fourth-order valence-corrected chi connectivity index (χ4v) is 2.79. The van der Waals surface area contributed by atoms with Crippen LogP contribution < -0.4 is 5.32 Å². The number of carbonyl (C=O) groups is 2. The van der Waals surface area contributed by atoms with E-state index in [0.717, 1.165) is 6.42 Å².